The van der Waals surface area contributed by atoms with E-state index < -0.39 is 0 Å². The molecular formula is C16H20N4OS. The Hall–Kier alpha value is -1.95. The molecule has 1 amide bonds. The van der Waals surface area contributed by atoms with Gasteiger partial charge >= 0.3 is 0 Å². The van der Waals surface area contributed by atoms with Crippen LogP contribution in [-0.4, -0.2) is 27.2 Å². The Morgan fingerprint density at radius 2 is 2.32 bits per heavy atom. The number of amides is 1. The van der Waals surface area contributed by atoms with Gasteiger partial charge in [-0.25, -0.2) is 0 Å². The highest BCUT2D eigenvalue weighted by Gasteiger charge is 2.26. The van der Waals surface area contributed by atoms with Crippen LogP contribution in [0, 0.1) is 11.7 Å². The van der Waals surface area contributed by atoms with E-state index in [2.05, 4.69) is 20.1 Å². The highest BCUT2D eigenvalue weighted by Crippen LogP contribution is 2.35. The first-order valence-corrected chi connectivity index (χ1v) is 8.02. The van der Waals surface area contributed by atoms with Crippen LogP contribution in [0.5, 0.6) is 0 Å². The van der Waals surface area contributed by atoms with Gasteiger partial charge in [0.2, 0.25) is 5.91 Å². The SMILES string of the molecule is Cc1cccc(CC(=O)NCCc2n[nH]c(=S)n2C2CC2)c1. The molecule has 1 aliphatic carbocycles. The fourth-order valence-electron chi connectivity index (χ4n) is 2.61. The van der Waals surface area contributed by atoms with E-state index in [-0.39, 0.29) is 5.91 Å². The highest BCUT2D eigenvalue weighted by atomic mass is 32.1. The fraction of sp³-hybridized carbons (Fsp3) is 0.438. The van der Waals surface area contributed by atoms with Crippen LogP contribution in [0.15, 0.2) is 24.3 Å². The lowest BCUT2D eigenvalue weighted by atomic mass is 10.1. The Kier molecular flexibility index (Phi) is 4.38. The summed E-state index contributed by atoms with van der Waals surface area (Å²) in [5, 5.41) is 10.1. The summed E-state index contributed by atoms with van der Waals surface area (Å²) >= 11 is 5.25. The summed E-state index contributed by atoms with van der Waals surface area (Å²) in [5.74, 6) is 0.973. The molecule has 0 radical (unpaired) electrons. The Bertz CT molecular complexity index is 730. The van der Waals surface area contributed by atoms with Gasteiger partial charge in [0, 0.05) is 19.0 Å². The fourth-order valence-corrected chi connectivity index (χ4v) is 2.91. The van der Waals surface area contributed by atoms with Crippen molar-refractivity contribution in [1.29, 1.82) is 0 Å². The van der Waals surface area contributed by atoms with Gasteiger partial charge in [0.05, 0.1) is 6.42 Å². The van der Waals surface area contributed by atoms with Crippen LogP contribution in [0.1, 0.15) is 35.8 Å². The molecule has 2 N–H and O–H groups in total. The number of hydrogen-bond donors (Lipinski definition) is 2. The lowest BCUT2D eigenvalue weighted by Crippen LogP contribution is -2.28. The molecule has 1 aromatic heterocycles. The average Bonchev–Trinajstić information content (AvgIpc) is 3.23. The summed E-state index contributed by atoms with van der Waals surface area (Å²) < 4.78 is 2.77. The number of carbonyl (C=O) groups excluding carboxylic acids is 1. The van der Waals surface area contributed by atoms with Gasteiger partial charge in [0.1, 0.15) is 5.82 Å². The molecular weight excluding hydrogens is 296 g/mol. The number of aromatic nitrogens is 3. The second kappa shape index (κ2) is 6.44. The van der Waals surface area contributed by atoms with E-state index in [4.69, 9.17) is 12.2 Å². The molecule has 3 rings (SSSR count). The quantitative estimate of drug-likeness (QED) is 0.805. The number of aromatic amines is 1. The second-order valence-electron chi connectivity index (χ2n) is 5.81. The smallest absolute Gasteiger partial charge is 0.224 e. The molecule has 1 saturated carbocycles. The van der Waals surface area contributed by atoms with Gasteiger partial charge in [-0.05, 0) is 37.5 Å². The Morgan fingerprint density at radius 1 is 1.50 bits per heavy atom. The van der Waals surface area contributed by atoms with E-state index in [0.717, 1.165) is 11.4 Å². The molecule has 0 saturated heterocycles. The molecule has 1 aliphatic rings. The van der Waals surface area contributed by atoms with Gasteiger partial charge < -0.3 is 9.88 Å². The predicted molar refractivity (Wildman–Crippen MR) is 87.3 cm³/mol. The first-order chi connectivity index (χ1) is 10.6. The van der Waals surface area contributed by atoms with Gasteiger partial charge in [-0.3, -0.25) is 9.89 Å². The van der Waals surface area contributed by atoms with Crippen LogP contribution in [0.25, 0.3) is 0 Å². The van der Waals surface area contributed by atoms with E-state index in [0.29, 0.717) is 30.2 Å². The van der Waals surface area contributed by atoms with Gasteiger partial charge in [0.15, 0.2) is 4.77 Å². The van der Waals surface area contributed by atoms with Crippen molar-refractivity contribution < 1.29 is 4.79 Å². The molecule has 0 unspecified atom stereocenters. The topological polar surface area (TPSA) is 62.7 Å². The molecule has 0 bridgehead atoms. The minimum atomic E-state index is 0.0395. The maximum absolute atomic E-state index is 12.0. The number of carbonyl (C=O) groups is 1. The monoisotopic (exact) mass is 316 g/mol. The minimum absolute atomic E-state index is 0.0395. The van der Waals surface area contributed by atoms with Crippen molar-refractivity contribution in [2.45, 2.75) is 38.6 Å². The normalized spacial score (nSPS) is 14.0. The Labute approximate surface area is 134 Å². The predicted octanol–water partition coefficient (Wildman–Crippen LogP) is 2.49. The van der Waals surface area contributed by atoms with Crippen molar-refractivity contribution in [2.75, 3.05) is 6.54 Å². The average molecular weight is 316 g/mol. The lowest BCUT2D eigenvalue weighted by Gasteiger charge is -2.07. The van der Waals surface area contributed by atoms with Crippen LogP contribution in [0.2, 0.25) is 0 Å². The van der Waals surface area contributed by atoms with Gasteiger partial charge in [-0.15, -0.1) is 0 Å². The molecule has 22 heavy (non-hydrogen) atoms. The molecule has 0 spiro atoms. The van der Waals surface area contributed by atoms with Crippen molar-refractivity contribution >= 4 is 18.1 Å². The molecule has 1 fully saturated rings. The maximum atomic E-state index is 12.0. The van der Waals surface area contributed by atoms with Crippen molar-refractivity contribution in [3.63, 3.8) is 0 Å². The third-order valence-corrected chi connectivity index (χ3v) is 4.10. The van der Waals surface area contributed by atoms with Crippen LogP contribution >= 0.6 is 12.2 Å². The zero-order valence-electron chi connectivity index (χ0n) is 12.6. The van der Waals surface area contributed by atoms with E-state index in [1.807, 2.05) is 31.2 Å². The first-order valence-electron chi connectivity index (χ1n) is 7.61. The van der Waals surface area contributed by atoms with Gasteiger partial charge in [-0.2, -0.15) is 5.10 Å². The number of H-pyrrole nitrogens is 1. The van der Waals surface area contributed by atoms with E-state index in [9.17, 15) is 4.79 Å². The van der Waals surface area contributed by atoms with E-state index >= 15 is 0 Å². The van der Waals surface area contributed by atoms with Crippen LogP contribution in [-0.2, 0) is 17.6 Å². The number of nitrogens with zero attached hydrogens (tertiary/aromatic N) is 2. The summed E-state index contributed by atoms with van der Waals surface area (Å²) in [7, 11) is 0. The molecule has 6 heteroatoms. The summed E-state index contributed by atoms with van der Waals surface area (Å²) in [6, 6.07) is 8.53. The largest absolute Gasteiger partial charge is 0.355 e. The number of benzene rings is 1. The zero-order valence-corrected chi connectivity index (χ0v) is 13.4. The molecule has 5 nitrogen and oxygen atoms in total. The van der Waals surface area contributed by atoms with Crippen molar-refractivity contribution in [3.8, 4) is 0 Å². The van der Waals surface area contributed by atoms with Crippen LogP contribution in [0.4, 0.5) is 0 Å². The molecule has 0 aliphatic heterocycles. The number of hydrogen-bond acceptors (Lipinski definition) is 3. The lowest BCUT2D eigenvalue weighted by molar-refractivity contribution is -0.120. The van der Waals surface area contributed by atoms with Crippen molar-refractivity contribution in [3.05, 3.63) is 46.0 Å². The zero-order chi connectivity index (χ0) is 15.5. The molecule has 1 aromatic carbocycles. The van der Waals surface area contributed by atoms with Gasteiger partial charge in [0.25, 0.3) is 0 Å². The third kappa shape index (κ3) is 3.62. The summed E-state index contributed by atoms with van der Waals surface area (Å²) in [4.78, 5) is 12.0. The standard InChI is InChI=1S/C16H20N4OS/c1-11-3-2-4-12(9-11)10-15(21)17-8-7-14-18-19-16(22)20(14)13-5-6-13/h2-4,9,13H,5-8,10H2,1H3,(H,17,21)(H,19,22). The highest BCUT2D eigenvalue weighted by molar-refractivity contribution is 7.71. The van der Waals surface area contributed by atoms with Crippen molar-refractivity contribution in [1.82, 2.24) is 20.1 Å². The van der Waals surface area contributed by atoms with E-state index in [1.54, 1.807) is 0 Å². The Balaban J connectivity index is 1.51. The summed E-state index contributed by atoms with van der Waals surface area (Å²) in [5.41, 5.74) is 2.21. The summed E-state index contributed by atoms with van der Waals surface area (Å²) in [6.07, 6.45) is 3.45. The molecule has 116 valence electrons. The van der Waals surface area contributed by atoms with E-state index in [1.165, 1.54) is 18.4 Å². The molecule has 2 aromatic rings. The van der Waals surface area contributed by atoms with Crippen molar-refractivity contribution in [2.24, 2.45) is 0 Å². The minimum Gasteiger partial charge on any atom is -0.355 e. The number of aryl methyl sites for hydroxylation is 1. The van der Waals surface area contributed by atoms with Crippen LogP contribution < -0.4 is 5.32 Å². The maximum Gasteiger partial charge on any atom is 0.224 e. The van der Waals surface area contributed by atoms with Gasteiger partial charge in [-0.1, -0.05) is 29.8 Å². The third-order valence-electron chi connectivity index (χ3n) is 3.81. The summed E-state index contributed by atoms with van der Waals surface area (Å²) in [6.45, 7) is 2.61. The van der Waals surface area contributed by atoms with Crippen LogP contribution in [0.3, 0.4) is 0 Å². The Morgan fingerprint density at radius 3 is 3.05 bits per heavy atom. The second-order valence-corrected chi connectivity index (χ2v) is 6.20. The number of rotatable bonds is 6. The molecule has 0 atom stereocenters. The number of nitrogens with one attached hydrogen (secondary N) is 2. The molecule has 1 heterocycles. The first kappa shape index (κ1) is 15.0.